The molecule has 0 aliphatic carbocycles. The minimum atomic E-state index is -0.231. The molecule has 0 saturated carbocycles. The highest BCUT2D eigenvalue weighted by Gasteiger charge is 2.14. The lowest BCUT2D eigenvalue weighted by molar-refractivity contribution is 0.0939. The van der Waals surface area contributed by atoms with Crippen molar-refractivity contribution in [2.24, 2.45) is 0 Å². The predicted octanol–water partition coefficient (Wildman–Crippen LogP) is 2.19. The van der Waals surface area contributed by atoms with Gasteiger partial charge in [-0.25, -0.2) is 9.97 Å². The van der Waals surface area contributed by atoms with Gasteiger partial charge in [0.1, 0.15) is 6.33 Å². The number of benzene rings is 1. The maximum atomic E-state index is 11.9. The van der Waals surface area contributed by atoms with Crippen molar-refractivity contribution in [1.82, 2.24) is 15.3 Å². The van der Waals surface area contributed by atoms with Crippen LogP contribution in [0.5, 0.6) is 0 Å². The van der Waals surface area contributed by atoms with Crippen LogP contribution in [0.4, 0.5) is 0 Å². The first-order valence-electron chi connectivity index (χ1n) is 5.48. The van der Waals surface area contributed by atoms with E-state index in [0.717, 1.165) is 5.56 Å². The number of carbonyl (C=O) groups excluding carboxylic acids is 1. The van der Waals surface area contributed by atoms with E-state index < -0.39 is 0 Å². The summed E-state index contributed by atoms with van der Waals surface area (Å²) >= 11 is 5.89. The summed E-state index contributed by atoms with van der Waals surface area (Å²) in [5.74, 6) is 0.0776. The van der Waals surface area contributed by atoms with E-state index in [-0.39, 0.29) is 11.9 Å². The summed E-state index contributed by atoms with van der Waals surface area (Å²) in [4.78, 5) is 19.6. The van der Waals surface area contributed by atoms with Gasteiger partial charge in [-0.2, -0.15) is 0 Å². The Balaban J connectivity index is 2.10. The Morgan fingerprint density at radius 1 is 1.22 bits per heavy atom. The highest BCUT2D eigenvalue weighted by molar-refractivity contribution is 6.18. The van der Waals surface area contributed by atoms with Crippen LogP contribution in [0.2, 0.25) is 0 Å². The molecular weight excluding hydrogens is 250 g/mol. The van der Waals surface area contributed by atoms with Crippen LogP contribution >= 0.6 is 11.6 Å². The highest BCUT2D eigenvalue weighted by atomic mass is 35.5. The average Bonchev–Trinajstić information content (AvgIpc) is 2.46. The zero-order chi connectivity index (χ0) is 12.8. The molecule has 0 spiro atoms. The van der Waals surface area contributed by atoms with E-state index in [9.17, 15) is 4.79 Å². The van der Waals surface area contributed by atoms with E-state index in [2.05, 4.69) is 15.3 Å². The first-order chi connectivity index (χ1) is 8.81. The number of nitrogens with zero attached hydrogens (tertiary/aromatic N) is 2. The second kappa shape index (κ2) is 6.12. The molecule has 1 aromatic heterocycles. The second-order valence-electron chi connectivity index (χ2n) is 3.72. The first-order valence-corrected chi connectivity index (χ1v) is 6.01. The number of nitrogens with one attached hydrogen (secondary N) is 1. The van der Waals surface area contributed by atoms with E-state index >= 15 is 0 Å². The van der Waals surface area contributed by atoms with Crippen molar-refractivity contribution in [1.29, 1.82) is 0 Å². The Morgan fingerprint density at radius 3 is 2.50 bits per heavy atom. The summed E-state index contributed by atoms with van der Waals surface area (Å²) in [7, 11) is 0. The van der Waals surface area contributed by atoms with Gasteiger partial charge in [0.2, 0.25) is 0 Å². The summed E-state index contributed by atoms with van der Waals surface area (Å²) in [6.07, 6.45) is 4.32. The number of aromatic nitrogens is 2. The molecule has 92 valence electrons. The second-order valence-corrected chi connectivity index (χ2v) is 4.03. The van der Waals surface area contributed by atoms with Crippen LogP contribution in [0.3, 0.4) is 0 Å². The van der Waals surface area contributed by atoms with Gasteiger partial charge in [0.25, 0.3) is 5.91 Å². The maximum Gasteiger partial charge on any atom is 0.254 e. The van der Waals surface area contributed by atoms with Gasteiger partial charge >= 0.3 is 0 Å². The molecule has 4 nitrogen and oxygen atoms in total. The Kier molecular flexibility index (Phi) is 4.25. The number of amides is 1. The van der Waals surface area contributed by atoms with Crippen LogP contribution in [0.25, 0.3) is 0 Å². The van der Waals surface area contributed by atoms with Gasteiger partial charge < -0.3 is 5.32 Å². The van der Waals surface area contributed by atoms with E-state index in [0.29, 0.717) is 11.4 Å². The van der Waals surface area contributed by atoms with E-state index in [4.69, 9.17) is 11.6 Å². The van der Waals surface area contributed by atoms with Crippen LogP contribution in [-0.2, 0) is 0 Å². The molecule has 18 heavy (non-hydrogen) atoms. The summed E-state index contributed by atoms with van der Waals surface area (Å²) in [5, 5.41) is 2.85. The van der Waals surface area contributed by atoms with Gasteiger partial charge in [-0.05, 0) is 5.56 Å². The fraction of sp³-hybridized carbons (Fsp3) is 0.154. The third-order valence-electron chi connectivity index (χ3n) is 2.48. The van der Waals surface area contributed by atoms with Gasteiger partial charge in [-0.3, -0.25) is 4.79 Å². The quantitative estimate of drug-likeness (QED) is 0.859. The van der Waals surface area contributed by atoms with Gasteiger partial charge in [0.05, 0.1) is 11.6 Å². The molecule has 5 heteroatoms. The average molecular weight is 262 g/mol. The summed E-state index contributed by atoms with van der Waals surface area (Å²) in [6.45, 7) is 0. The highest BCUT2D eigenvalue weighted by Crippen LogP contribution is 2.14. The van der Waals surface area contributed by atoms with E-state index in [1.54, 1.807) is 0 Å². The first kappa shape index (κ1) is 12.5. The summed E-state index contributed by atoms with van der Waals surface area (Å²) < 4.78 is 0. The molecule has 1 atom stereocenters. The Bertz CT molecular complexity index is 504. The third-order valence-corrected chi connectivity index (χ3v) is 2.79. The minimum Gasteiger partial charge on any atom is -0.344 e. The molecule has 1 amide bonds. The zero-order valence-corrected chi connectivity index (χ0v) is 10.3. The zero-order valence-electron chi connectivity index (χ0n) is 9.58. The molecule has 2 aromatic rings. The van der Waals surface area contributed by atoms with Gasteiger partial charge in [0.15, 0.2) is 0 Å². The Labute approximate surface area is 110 Å². The molecule has 0 radical (unpaired) electrons. The lowest BCUT2D eigenvalue weighted by atomic mass is 10.1. The lowest BCUT2D eigenvalue weighted by Crippen LogP contribution is -2.29. The topological polar surface area (TPSA) is 54.9 Å². The molecular formula is C13H12ClN3O. The van der Waals surface area contributed by atoms with Crippen LogP contribution in [0.15, 0.2) is 49.1 Å². The maximum absolute atomic E-state index is 11.9. The number of hydrogen-bond acceptors (Lipinski definition) is 3. The molecule has 0 saturated heterocycles. The largest absolute Gasteiger partial charge is 0.344 e. The molecule has 0 aliphatic rings. The van der Waals surface area contributed by atoms with Crippen LogP contribution in [0, 0.1) is 0 Å². The standard InChI is InChI=1S/C13H12ClN3O/c14-6-12(10-4-2-1-3-5-10)17-13(18)11-7-15-9-16-8-11/h1-5,7-9,12H,6H2,(H,17,18). The van der Waals surface area contributed by atoms with Crippen molar-refractivity contribution in [3.05, 3.63) is 60.2 Å². The van der Waals surface area contributed by atoms with Crippen LogP contribution in [0.1, 0.15) is 22.0 Å². The molecule has 1 N–H and O–H groups in total. The lowest BCUT2D eigenvalue weighted by Gasteiger charge is -2.16. The Morgan fingerprint density at radius 2 is 1.89 bits per heavy atom. The SMILES string of the molecule is O=C(NC(CCl)c1ccccc1)c1cncnc1. The van der Waals surface area contributed by atoms with Crippen LogP contribution in [-0.4, -0.2) is 21.8 Å². The van der Waals surface area contributed by atoms with Crippen molar-refractivity contribution in [3.8, 4) is 0 Å². The van der Waals surface area contributed by atoms with E-state index in [1.807, 2.05) is 30.3 Å². The fourth-order valence-electron chi connectivity index (χ4n) is 1.55. The minimum absolute atomic E-state index is 0.222. The third kappa shape index (κ3) is 3.05. The summed E-state index contributed by atoms with van der Waals surface area (Å²) in [5.41, 5.74) is 1.39. The van der Waals surface area contributed by atoms with Gasteiger partial charge in [-0.15, -0.1) is 11.6 Å². The monoisotopic (exact) mass is 261 g/mol. The van der Waals surface area contributed by atoms with Crippen molar-refractivity contribution in [3.63, 3.8) is 0 Å². The van der Waals surface area contributed by atoms with Crippen molar-refractivity contribution >= 4 is 17.5 Å². The molecule has 0 aliphatic heterocycles. The molecule has 2 rings (SSSR count). The van der Waals surface area contributed by atoms with Crippen molar-refractivity contribution < 1.29 is 4.79 Å². The molecule has 0 fully saturated rings. The number of alkyl halides is 1. The molecule has 1 heterocycles. The molecule has 0 bridgehead atoms. The molecule has 1 aromatic carbocycles. The smallest absolute Gasteiger partial charge is 0.254 e. The number of carbonyl (C=O) groups is 1. The fourth-order valence-corrected chi connectivity index (χ4v) is 1.81. The number of rotatable bonds is 4. The van der Waals surface area contributed by atoms with Gasteiger partial charge in [0, 0.05) is 18.3 Å². The molecule has 1 unspecified atom stereocenters. The number of halogens is 1. The van der Waals surface area contributed by atoms with Crippen LogP contribution < -0.4 is 5.32 Å². The van der Waals surface area contributed by atoms with E-state index in [1.165, 1.54) is 18.7 Å². The normalized spacial score (nSPS) is 11.8. The van der Waals surface area contributed by atoms with Gasteiger partial charge in [-0.1, -0.05) is 30.3 Å². The number of hydrogen-bond donors (Lipinski definition) is 1. The predicted molar refractivity (Wildman–Crippen MR) is 69.4 cm³/mol. The summed E-state index contributed by atoms with van der Waals surface area (Å²) in [6, 6.07) is 9.37. The Hall–Kier alpha value is -1.94. The van der Waals surface area contributed by atoms with Crippen molar-refractivity contribution in [2.45, 2.75) is 6.04 Å². The van der Waals surface area contributed by atoms with Crippen molar-refractivity contribution in [2.75, 3.05) is 5.88 Å².